The van der Waals surface area contributed by atoms with Crippen molar-refractivity contribution in [2.24, 2.45) is 0 Å². The van der Waals surface area contributed by atoms with Crippen molar-refractivity contribution in [1.82, 2.24) is 5.32 Å². The van der Waals surface area contributed by atoms with Crippen molar-refractivity contribution in [3.8, 4) is 11.5 Å². The van der Waals surface area contributed by atoms with Crippen molar-refractivity contribution < 1.29 is 23.8 Å². The summed E-state index contributed by atoms with van der Waals surface area (Å²) < 4.78 is 16.0. The zero-order chi connectivity index (χ0) is 20.6. The average Bonchev–Trinajstić information content (AvgIpc) is 3.20. The van der Waals surface area contributed by atoms with Crippen LogP contribution in [0.2, 0.25) is 0 Å². The molecule has 0 bridgehead atoms. The molecule has 0 radical (unpaired) electrons. The molecule has 2 N–H and O–H groups in total. The van der Waals surface area contributed by atoms with Gasteiger partial charge in [-0.05, 0) is 43.2 Å². The predicted octanol–water partition coefficient (Wildman–Crippen LogP) is 3.49. The Morgan fingerprint density at radius 2 is 1.93 bits per heavy atom. The van der Waals surface area contributed by atoms with Crippen LogP contribution in [0.5, 0.6) is 11.5 Å². The normalized spacial score (nSPS) is 12.9. The van der Waals surface area contributed by atoms with Gasteiger partial charge in [0.25, 0.3) is 5.91 Å². The number of amides is 1. The van der Waals surface area contributed by atoms with E-state index in [9.17, 15) is 9.59 Å². The van der Waals surface area contributed by atoms with E-state index in [0.29, 0.717) is 29.3 Å². The SMILES string of the molecule is CCCCNc1ccccc1C(=O)OC(C)C(=O)NCc1ccc2c(c1)OCO2. The molecule has 0 fully saturated rings. The van der Waals surface area contributed by atoms with Crippen LogP contribution in [0.3, 0.4) is 0 Å². The lowest BCUT2D eigenvalue weighted by Crippen LogP contribution is -2.35. The number of hydrogen-bond acceptors (Lipinski definition) is 6. The number of carbonyl (C=O) groups excluding carboxylic acids is 2. The first-order valence-electron chi connectivity index (χ1n) is 9.78. The molecule has 1 heterocycles. The van der Waals surface area contributed by atoms with Crippen molar-refractivity contribution in [2.45, 2.75) is 39.3 Å². The summed E-state index contributed by atoms with van der Waals surface area (Å²) in [6.07, 6.45) is 1.14. The molecule has 7 nitrogen and oxygen atoms in total. The Morgan fingerprint density at radius 1 is 1.14 bits per heavy atom. The molecule has 29 heavy (non-hydrogen) atoms. The Kier molecular flexibility index (Phi) is 6.94. The van der Waals surface area contributed by atoms with Crippen molar-refractivity contribution in [2.75, 3.05) is 18.7 Å². The summed E-state index contributed by atoms with van der Waals surface area (Å²) in [6, 6.07) is 12.6. The highest BCUT2D eigenvalue weighted by Crippen LogP contribution is 2.32. The maximum Gasteiger partial charge on any atom is 0.341 e. The van der Waals surface area contributed by atoms with Gasteiger partial charge in [0, 0.05) is 18.8 Å². The quantitative estimate of drug-likeness (QED) is 0.497. The minimum atomic E-state index is -0.916. The van der Waals surface area contributed by atoms with Crippen LogP contribution >= 0.6 is 0 Å². The van der Waals surface area contributed by atoms with E-state index in [2.05, 4.69) is 17.6 Å². The minimum Gasteiger partial charge on any atom is -0.454 e. The van der Waals surface area contributed by atoms with Gasteiger partial charge in [-0.15, -0.1) is 0 Å². The van der Waals surface area contributed by atoms with Crippen molar-refractivity contribution in [3.63, 3.8) is 0 Å². The van der Waals surface area contributed by atoms with E-state index in [-0.39, 0.29) is 12.7 Å². The molecular weight excluding hydrogens is 372 g/mol. The number of carbonyl (C=O) groups is 2. The highest BCUT2D eigenvalue weighted by Gasteiger charge is 2.21. The maximum absolute atomic E-state index is 12.5. The number of nitrogens with one attached hydrogen (secondary N) is 2. The topological polar surface area (TPSA) is 85.9 Å². The van der Waals surface area contributed by atoms with Gasteiger partial charge in [-0.1, -0.05) is 31.5 Å². The number of unbranched alkanes of at least 4 members (excludes halogenated alkanes) is 1. The Hall–Kier alpha value is -3.22. The van der Waals surface area contributed by atoms with Gasteiger partial charge in [0.2, 0.25) is 6.79 Å². The standard InChI is InChI=1S/C22H26N2O5/c1-3-4-11-23-18-8-6-5-7-17(18)22(26)29-15(2)21(25)24-13-16-9-10-19-20(12-16)28-14-27-19/h5-10,12,15,23H,3-4,11,13-14H2,1-2H3,(H,24,25). The molecule has 0 saturated carbocycles. The molecule has 0 aromatic heterocycles. The van der Waals surface area contributed by atoms with Gasteiger partial charge in [0.1, 0.15) is 0 Å². The summed E-state index contributed by atoms with van der Waals surface area (Å²) in [4.78, 5) is 24.9. The van der Waals surface area contributed by atoms with E-state index < -0.39 is 12.1 Å². The highest BCUT2D eigenvalue weighted by molar-refractivity contribution is 5.97. The zero-order valence-electron chi connectivity index (χ0n) is 16.7. The van der Waals surface area contributed by atoms with Gasteiger partial charge in [0.15, 0.2) is 17.6 Å². The molecule has 154 valence electrons. The number of rotatable bonds is 9. The Balaban J connectivity index is 1.53. The second kappa shape index (κ2) is 9.82. The smallest absolute Gasteiger partial charge is 0.341 e. The van der Waals surface area contributed by atoms with Crippen LogP contribution in [0.25, 0.3) is 0 Å². The summed E-state index contributed by atoms with van der Waals surface area (Å²) >= 11 is 0. The van der Waals surface area contributed by atoms with Crippen molar-refractivity contribution in [1.29, 1.82) is 0 Å². The van der Waals surface area contributed by atoms with Gasteiger partial charge in [0.05, 0.1) is 5.56 Å². The highest BCUT2D eigenvalue weighted by atomic mass is 16.7. The maximum atomic E-state index is 12.5. The van der Waals surface area contributed by atoms with Crippen LogP contribution in [0.15, 0.2) is 42.5 Å². The van der Waals surface area contributed by atoms with Gasteiger partial charge in [-0.3, -0.25) is 4.79 Å². The molecule has 0 aliphatic carbocycles. The van der Waals surface area contributed by atoms with E-state index in [1.807, 2.05) is 24.3 Å². The van der Waals surface area contributed by atoms with E-state index in [0.717, 1.165) is 24.9 Å². The molecule has 1 aliphatic heterocycles. The molecule has 1 atom stereocenters. The lowest BCUT2D eigenvalue weighted by Gasteiger charge is -2.16. The summed E-state index contributed by atoms with van der Waals surface area (Å²) in [5.74, 6) is 0.444. The molecule has 3 rings (SSSR count). The first-order chi connectivity index (χ1) is 14.1. The van der Waals surface area contributed by atoms with Crippen LogP contribution in [-0.4, -0.2) is 31.3 Å². The van der Waals surface area contributed by atoms with E-state index in [1.54, 1.807) is 25.1 Å². The van der Waals surface area contributed by atoms with Crippen LogP contribution in [0.1, 0.15) is 42.6 Å². The molecular formula is C22H26N2O5. The first-order valence-corrected chi connectivity index (χ1v) is 9.78. The number of anilines is 1. The fourth-order valence-electron chi connectivity index (χ4n) is 2.88. The third-order valence-corrected chi connectivity index (χ3v) is 4.55. The van der Waals surface area contributed by atoms with Crippen LogP contribution in [0, 0.1) is 0 Å². The largest absolute Gasteiger partial charge is 0.454 e. The van der Waals surface area contributed by atoms with Crippen LogP contribution in [0.4, 0.5) is 5.69 Å². The van der Waals surface area contributed by atoms with Crippen molar-refractivity contribution >= 4 is 17.6 Å². The molecule has 1 amide bonds. The van der Waals surface area contributed by atoms with Crippen molar-refractivity contribution in [3.05, 3.63) is 53.6 Å². The zero-order valence-corrected chi connectivity index (χ0v) is 16.7. The molecule has 0 spiro atoms. The number of para-hydroxylation sites is 1. The van der Waals surface area contributed by atoms with E-state index in [1.165, 1.54) is 0 Å². The van der Waals surface area contributed by atoms with Gasteiger partial charge in [-0.25, -0.2) is 4.79 Å². The van der Waals surface area contributed by atoms with Crippen LogP contribution < -0.4 is 20.1 Å². The number of fused-ring (bicyclic) bond motifs is 1. The first kappa shape index (κ1) is 20.5. The summed E-state index contributed by atoms with van der Waals surface area (Å²) in [7, 11) is 0. The molecule has 1 aliphatic rings. The molecule has 7 heteroatoms. The summed E-state index contributed by atoms with van der Waals surface area (Å²) in [5.41, 5.74) is 1.99. The third-order valence-electron chi connectivity index (χ3n) is 4.55. The van der Waals surface area contributed by atoms with E-state index in [4.69, 9.17) is 14.2 Å². The molecule has 0 saturated heterocycles. The number of hydrogen-bond donors (Lipinski definition) is 2. The Bertz CT molecular complexity index is 868. The second-order valence-corrected chi connectivity index (χ2v) is 6.78. The fraction of sp³-hybridized carbons (Fsp3) is 0.364. The average molecular weight is 398 g/mol. The summed E-state index contributed by atoms with van der Waals surface area (Å²) in [6.45, 7) is 4.93. The Morgan fingerprint density at radius 3 is 2.76 bits per heavy atom. The number of esters is 1. The molecule has 2 aromatic carbocycles. The fourth-order valence-corrected chi connectivity index (χ4v) is 2.88. The second-order valence-electron chi connectivity index (χ2n) is 6.78. The lowest BCUT2D eigenvalue weighted by atomic mass is 10.1. The predicted molar refractivity (Wildman–Crippen MR) is 109 cm³/mol. The van der Waals surface area contributed by atoms with Crippen LogP contribution in [-0.2, 0) is 16.1 Å². The van der Waals surface area contributed by atoms with Gasteiger partial charge < -0.3 is 24.8 Å². The minimum absolute atomic E-state index is 0.201. The summed E-state index contributed by atoms with van der Waals surface area (Å²) in [5, 5.41) is 6.02. The van der Waals surface area contributed by atoms with Gasteiger partial charge in [-0.2, -0.15) is 0 Å². The molecule has 2 aromatic rings. The van der Waals surface area contributed by atoms with E-state index >= 15 is 0 Å². The number of benzene rings is 2. The monoisotopic (exact) mass is 398 g/mol. The molecule has 1 unspecified atom stereocenters. The third kappa shape index (κ3) is 5.40. The lowest BCUT2D eigenvalue weighted by molar-refractivity contribution is -0.129. The Labute approximate surface area is 170 Å². The number of ether oxygens (including phenoxy) is 3. The van der Waals surface area contributed by atoms with Gasteiger partial charge >= 0.3 is 5.97 Å².